The van der Waals surface area contributed by atoms with Crippen molar-refractivity contribution in [3.63, 3.8) is 0 Å². The third kappa shape index (κ3) is 2.40. The molecule has 1 aromatic carbocycles. The lowest BCUT2D eigenvalue weighted by molar-refractivity contribution is -0.384. The number of carbonyl (C=O) groups excluding carboxylic acids is 1. The van der Waals surface area contributed by atoms with Gasteiger partial charge in [0, 0.05) is 12.6 Å². The Hall–Kier alpha value is -2.64. The van der Waals surface area contributed by atoms with E-state index < -0.39 is 22.8 Å². The van der Waals surface area contributed by atoms with Crippen molar-refractivity contribution in [2.75, 3.05) is 11.4 Å². The Bertz CT molecular complexity index is 586. The number of carboxylic acids is 1. The number of rotatable bonds is 4. The molecule has 0 saturated carbocycles. The normalized spacial score (nSPS) is 18.0. The van der Waals surface area contributed by atoms with E-state index in [0.29, 0.717) is 19.4 Å². The number of aromatic carboxylic acids is 1. The Labute approximate surface area is 113 Å². The zero-order valence-corrected chi connectivity index (χ0v) is 10.5. The molecule has 20 heavy (non-hydrogen) atoms. The number of nitro groups is 1. The van der Waals surface area contributed by atoms with E-state index in [1.165, 1.54) is 17.0 Å². The molecule has 1 saturated heterocycles. The number of carboxylic acid groups (broad SMARTS) is 1. The molecule has 0 aliphatic carbocycles. The number of amides is 1. The zero-order chi connectivity index (χ0) is 14.9. The first-order valence-corrected chi connectivity index (χ1v) is 5.99. The van der Waals surface area contributed by atoms with Gasteiger partial charge in [0.25, 0.3) is 5.69 Å². The van der Waals surface area contributed by atoms with Gasteiger partial charge in [0.15, 0.2) is 0 Å². The summed E-state index contributed by atoms with van der Waals surface area (Å²) in [6, 6.07) is 2.87. The van der Waals surface area contributed by atoms with E-state index in [-0.39, 0.29) is 16.9 Å². The molecule has 1 amide bonds. The van der Waals surface area contributed by atoms with Crippen molar-refractivity contribution in [3.05, 3.63) is 33.9 Å². The summed E-state index contributed by atoms with van der Waals surface area (Å²) in [5.74, 6) is -1.76. The molecule has 1 atom stereocenters. The fraction of sp³-hybridized carbons (Fsp3) is 0.333. The van der Waals surface area contributed by atoms with Gasteiger partial charge < -0.3 is 15.7 Å². The molecule has 8 nitrogen and oxygen atoms in total. The molecule has 8 heteroatoms. The highest BCUT2D eigenvalue weighted by atomic mass is 16.6. The first-order valence-electron chi connectivity index (χ1n) is 5.99. The van der Waals surface area contributed by atoms with Crippen LogP contribution in [0.1, 0.15) is 23.2 Å². The Balaban J connectivity index is 2.52. The second-order valence-corrected chi connectivity index (χ2v) is 4.52. The van der Waals surface area contributed by atoms with Crippen LogP contribution in [-0.2, 0) is 4.79 Å². The van der Waals surface area contributed by atoms with Gasteiger partial charge in [0.1, 0.15) is 11.7 Å². The van der Waals surface area contributed by atoms with E-state index in [1.54, 1.807) is 0 Å². The van der Waals surface area contributed by atoms with Gasteiger partial charge in [-0.25, -0.2) is 4.79 Å². The van der Waals surface area contributed by atoms with Crippen molar-refractivity contribution in [2.45, 2.75) is 18.9 Å². The molecule has 1 unspecified atom stereocenters. The minimum atomic E-state index is -1.18. The van der Waals surface area contributed by atoms with Crippen LogP contribution in [0, 0.1) is 10.1 Å². The monoisotopic (exact) mass is 279 g/mol. The van der Waals surface area contributed by atoms with Crippen molar-refractivity contribution in [3.8, 4) is 0 Å². The lowest BCUT2D eigenvalue weighted by Gasteiger charge is -2.24. The zero-order valence-electron chi connectivity index (χ0n) is 10.5. The average Bonchev–Trinajstić information content (AvgIpc) is 2.86. The highest BCUT2D eigenvalue weighted by molar-refractivity contribution is 5.91. The molecule has 1 aliphatic rings. The summed E-state index contributed by atoms with van der Waals surface area (Å²) in [7, 11) is 0. The molecule has 0 bridgehead atoms. The van der Waals surface area contributed by atoms with Gasteiger partial charge in [-0.15, -0.1) is 0 Å². The highest BCUT2D eigenvalue weighted by Crippen LogP contribution is 2.34. The number of nitro benzene ring substituents is 1. The van der Waals surface area contributed by atoms with Crippen LogP contribution in [0.5, 0.6) is 0 Å². The highest BCUT2D eigenvalue weighted by Gasteiger charge is 2.33. The molecule has 1 aliphatic heterocycles. The number of hydrogen-bond donors (Lipinski definition) is 2. The molecule has 1 fully saturated rings. The molecule has 0 spiro atoms. The van der Waals surface area contributed by atoms with E-state index in [9.17, 15) is 19.7 Å². The van der Waals surface area contributed by atoms with Crippen molar-refractivity contribution in [2.24, 2.45) is 5.73 Å². The van der Waals surface area contributed by atoms with Gasteiger partial charge in [-0.05, 0) is 25.0 Å². The molecule has 3 N–H and O–H groups in total. The van der Waals surface area contributed by atoms with Crippen molar-refractivity contribution < 1.29 is 19.6 Å². The summed E-state index contributed by atoms with van der Waals surface area (Å²) in [5, 5.41) is 20.0. The maximum absolute atomic E-state index is 11.4. The quantitative estimate of drug-likeness (QED) is 0.618. The Morgan fingerprint density at radius 1 is 1.45 bits per heavy atom. The van der Waals surface area contributed by atoms with Crippen LogP contribution in [0.15, 0.2) is 18.2 Å². The van der Waals surface area contributed by atoms with E-state index in [1.807, 2.05) is 0 Å². The maximum atomic E-state index is 11.4. The van der Waals surface area contributed by atoms with Crippen LogP contribution >= 0.6 is 0 Å². The standard InChI is InChI=1S/C12H13N3O5/c13-11(16)9-2-1-5-14(9)10-6-7(12(17)18)3-4-8(10)15(19)20/h3-4,6,9H,1-2,5H2,(H2,13,16)(H,17,18). The molecule has 106 valence electrons. The van der Waals surface area contributed by atoms with Crippen molar-refractivity contribution in [1.29, 1.82) is 0 Å². The van der Waals surface area contributed by atoms with Crippen LogP contribution in [0.3, 0.4) is 0 Å². The first-order chi connectivity index (χ1) is 9.41. The van der Waals surface area contributed by atoms with E-state index in [0.717, 1.165) is 6.07 Å². The summed E-state index contributed by atoms with van der Waals surface area (Å²) < 4.78 is 0. The van der Waals surface area contributed by atoms with Gasteiger partial charge in [0.05, 0.1) is 10.5 Å². The molecular formula is C12H13N3O5. The Morgan fingerprint density at radius 3 is 2.70 bits per heavy atom. The minimum absolute atomic E-state index is 0.0688. The number of nitrogens with two attached hydrogens (primary N) is 1. The molecule has 1 heterocycles. The Morgan fingerprint density at radius 2 is 2.15 bits per heavy atom. The van der Waals surface area contributed by atoms with Crippen LogP contribution in [-0.4, -0.2) is 34.5 Å². The number of primary amides is 1. The molecule has 2 rings (SSSR count). The van der Waals surface area contributed by atoms with Gasteiger partial charge in [-0.2, -0.15) is 0 Å². The number of hydrogen-bond acceptors (Lipinski definition) is 5. The predicted octanol–water partition coefficient (Wildman–Crippen LogP) is 0.747. The third-order valence-corrected chi connectivity index (χ3v) is 3.31. The number of anilines is 1. The Kier molecular flexibility index (Phi) is 3.55. The molecular weight excluding hydrogens is 266 g/mol. The molecule has 1 aromatic rings. The number of nitrogens with zero attached hydrogens (tertiary/aromatic N) is 2. The van der Waals surface area contributed by atoms with E-state index in [4.69, 9.17) is 10.8 Å². The fourth-order valence-electron chi connectivity index (χ4n) is 2.39. The van der Waals surface area contributed by atoms with Crippen molar-refractivity contribution in [1.82, 2.24) is 0 Å². The second kappa shape index (κ2) is 5.16. The predicted molar refractivity (Wildman–Crippen MR) is 69.6 cm³/mol. The lowest BCUT2D eigenvalue weighted by Crippen LogP contribution is -2.40. The van der Waals surface area contributed by atoms with Gasteiger partial charge in [-0.3, -0.25) is 14.9 Å². The smallest absolute Gasteiger partial charge is 0.335 e. The average molecular weight is 279 g/mol. The summed E-state index contributed by atoms with van der Waals surface area (Å²) in [5.41, 5.74) is 5.10. The van der Waals surface area contributed by atoms with Crippen LogP contribution < -0.4 is 10.6 Å². The lowest BCUT2D eigenvalue weighted by atomic mass is 10.1. The van der Waals surface area contributed by atoms with Crippen LogP contribution in [0.2, 0.25) is 0 Å². The van der Waals surface area contributed by atoms with E-state index >= 15 is 0 Å². The minimum Gasteiger partial charge on any atom is -0.478 e. The third-order valence-electron chi connectivity index (χ3n) is 3.31. The van der Waals surface area contributed by atoms with E-state index in [2.05, 4.69) is 0 Å². The SMILES string of the molecule is NC(=O)C1CCCN1c1cc(C(=O)O)ccc1[N+](=O)[O-]. The number of benzene rings is 1. The topological polar surface area (TPSA) is 127 Å². The van der Waals surface area contributed by atoms with Crippen LogP contribution in [0.25, 0.3) is 0 Å². The molecule has 0 radical (unpaired) electrons. The van der Waals surface area contributed by atoms with Gasteiger partial charge in [-0.1, -0.05) is 0 Å². The fourth-order valence-corrected chi connectivity index (χ4v) is 2.39. The van der Waals surface area contributed by atoms with Gasteiger partial charge in [0.2, 0.25) is 5.91 Å². The van der Waals surface area contributed by atoms with Gasteiger partial charge >= 0.3 is 5.97 Å². The largest absolute Gasteiger partial charge is 0.478 e. The van der Waals surface area contributed by atoms with Crippen LogP contribution in [0.4, 0.5) is 11.4 Å². The summed E-state index contributed by atoms with van der Waals surface area (Å²) in [4.78, 5) is 34.3. The van der Waals surface area contributed by atoms with Crippen molar-refractivity contribution >= 4 is 23.3 Å². The first kappa shape index (κ1) is 13.8. The maximum Gasteiger partial charge on any atom is 0.335 e. The summed E-state index contributed by atoms with van der Waals surface area (Å²) >= 11 is 0. The number of carbonyl (C=O) groups is 2. The second-order valence-electron chi connectivity index (χ2n) is 4.52. The molecule has 0 aromatic heterocycles. The summed E-state index contributed by atoms with van der Waals surface area (Å²) in [6.45, 7) is 0.428. The summed E-state index contributed by atoms with van der Waals surface area (Å²) in [6.07, 6.45) is 1.17.